The summed E-state index contributed by atoms with van der Waals surface area (Å²) in [6, 6.07) is 13.9. The Labute approximate surface area is 154 Å². The van der Waals surface area contributed by atoms with Crippen LogP contribution >= 0.6 is 11.6 Å². The molecule has 2 aromatic carbocycles. The molecule has 0 bridgehead atoms. The maximum Gasteiger partial charge on any atom is 0.205 e. The number of pyridine rings is 1. The van der Waals surface area contributed by atoms with Gasteiger partial charge in [-0.05, 0) is 25.1 Å². The Morgan fingerprint density at radius 1 is 1.23 bits per heavy atom. The molecular weight excluding hydrogens is 353 g/mol. The molecule has 0 amide bonds. The molecule has 6 heteroatoms. The number of rotatable bonds is 1. The number of aryl methyl sites for hydroxylation is 1. The van der Waals surface area contributed by atoms with Crippen molar-refractivity contribution in [2.45, 2.75) is 12.8 Å². The van der Waals surface area contributed by atoms with E-state index in [4.69, 9.17) is 22.1 Å². The number of allylic oxidation sites excluding steroid dienone is 1. The first kappa shape index (κ1) is 16.4. The van der Waals surface area contributed by atoms with Crippen molar-refractivity contribution in [1.82, 2.24) is 4.98 Å². The van der Waals surface area contributed by atoms with Crippen LogP contribution in [-0.2, 0) is 0 Å². The highest BCUT2D eigenvalue weighted by atomic mass is 35.5. The van der Waals surface area contributed by atoms with Crippen molar-refractivity contribution in [3.63, 3.8) is 0 Å². The molecule has 2 N–H and O–H groups in total. The Bertz CT molecular complexity index is 1110. The number of fused-ring (bicyclic) bond motifs is 3. The number of nitrogens with zero attached hydrogens (tertiary/aromatic N) is 2. The Kier molecular flexibility index (Phi) is 3.78. The van der Waals surface area contributed by atoms with Gasteiger partial charge in [0.2, 0.25) is 5.88 Å². The zero-order valence-electron chi connectivity index (χ0n) is 13.8. The molecule has 1 atom stereocenters. The fourth-order valence-electron chi connectivity index (χ4n) is 3.28. The van der Waals surface area contributed by atoms with Crippen molar-refractivity contribution in [3.05, 3.63) is 81.6 Å². The number of hydrogen-bond acceptors (Lipinski definition) is 4. The lowest BCUT2D eigenvalue weighted by atomic mass is 9.82. The van der Waals surface area contributed by atoms with E-state index in [1.807, 2.05) is 31.2 Å². The molecule has 0 radical (unpaired) electrons. The molecule has 0 unspecified atom stereocenters. The lowest BCUT2D eigenvalue weighted by Crippen LogP contribution is -2.22. The molecule has 0 aliphatic carbocycles. The van der Waals surface area contributed by atoms with Crippen LogP contribution in [0.25, 0.3) is 10.9 Å². The van der Waals surface area contributed by atoms with Crippen LogP contribution < -0.4 is 10.5 Å². The van der Waals surface area contributed by atoms with E-state index in [9.17, 15) is 9.65 Å². The highest BCUT2D eigenvalue weighted by molar-refractivity contribution is 6.31. The topological polar surface area (TPSA) is 71.9 Å². The van der Waals surface area contributed by atoms with Crippen molar-refractivity contribution < 1.29 is 9.13 Å². The summed E-state index contributed by atoms with van der Waals surface area (Å²) in [5.74, 6) is -0.912. The molecule has 4 rings (SSSR count). The van der Waals surface area contributed by atoms with Gasteiger partial charge in [0.25, 0.3) is 0 Å². The second kappa shape index (κ2) is 6.01. The van der Waals surface area contributed by atoms with Crippen molar-refractivity contribution in [1.29, 1.82) is 5.26 Å². The minimum atomic E-state index is -0.760. The first-order valence-electron chi connectivity index (χ1n) is 7.93. The summed E-state index contributed by atoms with van der Waals surface area (Å²) in [7, 11) is 0. The first-order valence-corrected chi connectivity index (χ1v) is 8.31. The third kappa shape index (κ3) is 2.39. The molecule has 4 nitrogen and oxygen atoms in total. The number of nitriles is 1. The van der Waals surface area contributed by atoms with Gasteiger partial charge in [0, 0.05) is 27.2 Å². The lowest BCUT2D eigenvalue weighted by Gasteiger charge is -2.27. The Balaban J connectivity index is 2.08. The predicted octanol–water partition coefficient (Wildman–Crippen LogP) is 4.55. The molecule has 3 aromatic rings. The second-order valence-electron chi connectivity index (χ2n) is 6.07. The van der Waals surface area contributed by atoms with Gasteiger partial charge in [-0.3, -0.25) is 0 Å². The summed E-state index contributed by atoms with van der Waals surface area (Å²) in [6.45, 7) is 1.87. The van der Waals surface area contributed by atoms with E-state index in [1.165, 1.54) is 12.1 Å². The van der Waals surface area contributed by atoms with Crippen molar-refractivity contribution in [2.24, 2.45) is 5.73 Å². The smallest absolute Gasteiger partial charge is 0.205 e. The standard InChI is InChI=1S/C20H13ClFN3O/c1-10-5-6-11-7-8-12-16(17-14(21)3-2-4-15(17)22)13(9-23)20(24)26-19(12)18(11)25-10/h2-8,16H,24H2,1H3/t16-/m0/s1. The summed E-state index contributed by atoms with van der Waals surface area (Å²) >= 11 is 6.27. The number of aromatic nitrogens is 1. The molecule has 0 fully saturated rings. The van der Waals surface area contributed by atoms with E-state index in [-0.39, 0.29) is 22.0 Å². The average Bonchev–Trinajstić information content (AvgIpc) is 2.61. The molecule has 0 saturated heterocycles. The first-order chi connectivity index (χ1) is 12.5. The number of halogens is 2. The monoisotopic (exact) mass is 365 g/mol. The average molecular weight is 366 g/mol. The van der Waals surface area contributed by atoms with Crippen molar-refractivity contribution >= 4 is 22.5 Å². The van der Waals surface area contributed by atoms with Gasteiger partial charge in [-0.15, -0.1) is 0 Å². The molecule has 1 aromatic heterocycles. The zero-order valence-corrected chi connectivity index (χ0v) is 14.5. The van der Waals surface area contributed by atoms with Gasteiger partial charge in [-0.2, -0.15) is 5.26 Å². The predicted molar refractivity (Wildman–Crippen MR) is 97.2 cm³/mol. The maximum atomic E-state index is 14.6. The third-order valence-corrected chi connectivity index (χ3v) is 4.80. The minimum Gasteiger partial charge on any atom is -0.438 e. The van der Waals surface area contributed by atoms with Gasteiger partial charge in [-0.25, -0.2) is 9.37 Å². The van der Waals surface area contributed by atoms with Gasteiger partial charge >= 0.3 is 0 Å². The van der Waals surface area contributed by atoms with Crippen molar-refractivity contribution in [3.8, 4) is 11.8 Å². The van der Waals surface area contributed by atoms with Gasteiger partial charge in [0.15, 0.2) is 5.75 Å². The van der Waals surface area contributed by atoms with Gasteiger partial charge in [0.05, 0.1) is 5.92 Å². The molecule has 0 saturated carbocycles. The van der Waals surface area contributed by atoms with E-state index in [0.29, 0.717) is 16.8 Å². The zero-order chi connectivity index (χ0) is 18.4. The summed E-state index contributed by atoms with van der Waals surface area (Å²) in [4.78, 5) is 4.53. The van der Waals surface area contributed by atoms with Crippen LogP contribution in [-0.4, -0.2) is 4.98 Å². The minimum absolute atomic E-state index is 0.0693. The molecule has 2 heterocycles. The second-order valence-corrected chi connectivity index (χ2v) is 6.48. The molecule has 26 heavy (non-hydrogen) atoms. The number of hydrogen-bond donors (Lipinski definition) is 1. The van der Waals surface area contributed by atoms with Crippen LogP contribution in [0.4, 0.5) is 4.39 Å². The SMILES string of the molecule is Cc1ccc2ccc3c(c2n1)OC(N)=C(C#N)[C@H]3c1c(F)cccc1Cl. The largest absolute Gasteiger partial charge is 0.438 e. The van der Waals surface area contributed by atoms with Crippen LogP contribution in [0.1, 0.15) is 22.7 Å². The molecule has 128 valence electrons. The van der Waals surface area contributed by atoms with E-state index in [0.717, 1.165) is 11.1 Å². The van der Waals surface area contributed by atoms with Crippen LogP contribution in [0.5, 0.6) is 5.75 Å². The number of nitrogens with two attached hydrogens (primary N) is 1. The fraction of sp³-hybridized carbons (Fsp3) is 0.100. The maximum absolute atomic E-state index is 14.6. The van der Waals surface area contributed by atoms with E-state index in [1.54, 1.807) is 12.1 Å². The summed E-state index contributed by atoms with van der Waals surface area (Å²) in [6.07, 6.45) is 0. The van der Waals surface area contributed by atoms with Crippen LogP contribution in [0.2, 0.25) is 5.02 Å². The Morgan fingerprint density at radius 3 is 2.73 bits per heavy atom. The lowest BCUT2D eigenvalue weighted by molar-refractivity contribution is 0.396. The van der Waals surface area contributed by atoms with Crippen LogP contribution in [0, 0.1) is 24.1 Å². The van der Waals surface area contributed by atoms with E-state index >= 15 is 0 Å². The van der Waals surface area contributed by atoms with Crippen molar-refractivity contribution in [2.75, 3.05) is 0 Å². The van der Waals surface area contributed by atoms with Gasteiger partial charge < -0.3 is 10.5 Å². The molecule has 1 aliphatic heterocycles. The van der Waals surface area contributed by atoms with Gasteiger partial charge in [0.1, 0.15) is 23.0 Å². The number of ether oxygens (including phenoxy) is 1. The van der Waals surface area contributed by atoms with E-state index in [2.05, 4.69) is 4.98 Å². The summed E-state index contributed by atoms with van der Waals surface area (Å²) < 4.78 is 20.4. The fourth-order valence-corrected chi connectivity index (χ4v) is 3.55. The van der Waals surface area contributed by atoms with Crippen LogP contribution in [0.15, 0.2) is 53.9 Å². The number of benzene rings is 2. The highest BCUT2D eigenvalue weighted by Gasteiger charge is 2.35. The molecular formula is C20H13ClFN3O. The Morgan fingerprint density at radius 2 is 2.00 bits per heavy atom. The summed E-state index contributed by atoms with van der Waals surface area (Å²) in [5.41, 5.74) is 8.35. The third-order valence-electron chi connectivity index (χ3n) is 4.47. The van der Waals surface area contributed by atoms with E-state index < -0.39 is 11.7 Å². The molecule has 0 spiro atoms. The normalized spacial score (nSPS) is 16.2. The van der Waals surface area contributed by atoms with Crippen LogP contribution in [0.3, 0.4) is 0 Å². The Hall–Kier alpha value is -3.10. The molecule has 1 aliphatic rings. The van der Waals surface area contributed by atoms with Gasteiger partial charge in [-0.1, -0.05) is 35.9 Å². The highest BCUT2D eigenvalue weighted by Crippen LogP contribution is 2.47. The quantitative estimate of drug-likeness (QED) is 0.686. The summed E-state index contributed by atoms with van der Waals surface area (Å²) in [5, 5.41) is 10.7.